The van der Waals surface area contributed by atoms with E-state index in [0.29, 0.717) is 5.75 Å². The predicted octanol–water partition coefficient (Wildman–Crippen LogP) is 4.56. The van der Waals surface area contributed by atoms with Gasteiger partial charge in [-0.05, 0) is 58.7 Å². The van der Waals surface area contributed by atoms with E-state index in [0.717, 1.165) is 68.7 Å². The minimum atomic E-state index is 0.130. The minimum absolute atomic E-state index is 0.130. The Balaban J connectivity index is 0.000000817. The van der Waals surface area contributed by atoms with E-state index >= 15 is 0 Å². The zero-order chi connectivity index (χ0) is 20.0. The molecule has 3 rings (SSSR count). The Labute approximate surface area is 164 Å². The summed E-state index contributed by atoms with van der Waals surface area (Å²) in [5.74, 6) is 0.677. The summed E-state index contributed by atoms with van der Waals surface area (Å²) in [5.41, 5.74) is 4.03. The van der Waals surface area contributed by atoms with Crippen molar-refractivity contribution < 1.29 is 10.2 Å². The third-order valence-corrected chi connectivity index (χ3v) is 5.57. The number of hydrogen-bond acceptors (Lipinski definition) is 4. The molecule has 1 aromatic carbocycles. The monoisotopic (exact) mass is 372 g/mol. The highest BCUT2D eigenvalue weighted by Crippen LogP contribution is 2.43. The van der Waals surface area contributed by atoms with Gasteiger partial charge < -0.3 is 15.1 Å². The first-order chi connectivity index (χ1) is 12.9. The zero-order valence-electron chi connectivity index (χ0n) is 17.5. The van der Waals surface area contributed by atoms with E-state index in [9.17, 15) is 10.2 Å². The van der Waals surface area contributed by atoms with Crippen molar-refractivity contribution >= 4 is 0 Å². The molecule has 0 bridgehead atoms. The van der Waals surface area contributed by atoms with Crippen molar-refractivity contribution in [1.82, 2.24) is 9.80 Å². The Morgan fingerprint density at radius 2 is 1.81 bits per heavy atom. The second kappa shape index (κ2) is 9.95. The molecule has 2 N–H and O–H groups in total. The SMILES string of the molecule is C=CC.CC1=CC(c2c(O)cc(C)c(CN3CCN(C)CC3)c2O)CCC1. The van der Waals surface area contributed by atoms with Gasteiger partial charge in [-0.3, -0.25) is 4.90 Å². The summed E-state index contributed by atoms with van der Waals surface area (Å²) in [6.07, 6.45) is 7.20. The summed E-state index contributed by atoms with van der Waals surface area (Å²) in [7, 11) is 2.15. The van der Waals surface area contributed by atoms with E-state index < -0.39 is 0 Å². The molecule has 27 heavy (non-hydrogen) atoms. The molecule has 0 aromatic heterocycles. The number of phenols is 2. The standard InChI is InChI=1S/C20H30N2O2.C3H6/c1-14-5-4-6-16(11-14)19-18(23)12-15(2)17(20(19)24)13-22-9-7-21(3)8-10-22;1-3-2/h11-12,16,23-24H,4-10,13H2,1-3H3;3H,1H2,2H3. The minimum Gasteiger partial charge on any atom is -0.507 e. The van der Waals surface area contributed by atoms with Crippen LogP contribution in [0.15, 0.2) is 30.4 Å². The van der Waals surface area contributed by atoms with Crippen LogP contribution >= 0.6 is 0 Å². The van der Waals surface area contributed by atoms with Crippen LogP contribution in [0, 0.1) is 6.92 Å². The first-order valence-electron chi connectivity index (χ1n) is 10.1. The number of hydrogen-bond donors (Lipinski definition) is 2. The average molecular weight is 373 g/mol. The highest BCUT2D eigenvalue weighted by molar-refractivity contribution is 5.55. The number of nitrogens with zero attached hydrogens (tertiary/aromatic N) is 2. The fraction of sp³-hybridized carbons (Fsp3) is 0.565. The number of piperazine rings is 1. The number of aryl methyl sites for hydroxylation is 1. The zero-order valence-corrected chi connectivity index (χ0v) is 17.5. The van der Waals surface area contributed by atoms with Crippen LogP contribution < -0.4 is 0 Å². The second-order valence-corrected chi connectivity index (χ2v) is 7.95. The Hall–Kier alpha value is -1.78. The molecule has 1 saturated heterocycles. The van der Waals surface area contributed by atoms with Crippen molar-refractivity contribution in [3.8, 4) is 11.5 Å². The molecule has 1 aliphatic heterocycles. The topological polar surface area (TPSA) is 46.9 Å². The van der Waals surface area contributed by atoms with Gasteiger partial charge >= 0.3 is 0 Å². The average Bonchev–Trinajstić information content (AvgIpc) is 2.61. The molecule has 1 atom stereocenters. The first kappa shape index (κ1) is 21.5. The van der Waals surface area contributed by atoms with E-state index in [1.807, 2.05) is 19.9 Å². The summed E-state index contributed by atoms with van der Waals surface area (Å²) in [4.78, 5) is 4.73. The summed E-state index contributed by atoms with van der Waals surface area (Å²) in [5, 5.41) is 21.4. The lowest BCUT2D eigenvalue weighted by atomic mass is 9.83. The van der Waals surface area contributed by atoms with Gasteiger partial charge in [0.2, 0.25) is 0 Å². The van der Waals surface area contributed by atoms with Crippen LogP contribution in [0.2, 0.25) is 0 Å². The Kier molecular flexibility index (Phi) is 7.93. The van der Waals surface area contributed by atoms with Crippen molar-refractivity contribution in [3.05, 3.63) is 47.1 Å². The molecular formula is C23H36N2O2. The summed E-state index contributed by atoms with van der Waals surface area (Å²) in [6, 6.07) is 1.83. The molecule has 0 amide bonds. The molecule has 1 unspecified atom stereocenters. The number of phenolic OH excluding ortho intramolecular Hbond substituents is 2. The number of likely N-dealkylation sites (N-methyl/N-ethyl adjacent to an activating group) is 1. The maximum Gasteiger partial charge on any atom is 0.127 e. The maximum absolute atomic E-state index is 10.9. The van der Waals surface area contributed by atoms with Crippen LogP contribution in [0.5, 0.6) is 11.5 Å². The van der Waals surface area contributed by atoms with Crippen LogP contribution in [0.1, 0.15) is 55.7 Å². The van der Waals surface area contributed by atoms with Crippen molar-refractivity contribution in [2.24, 2.45) is 0 Å². The lowest BCUT2D eigenvalue weighted by Crippen LogP contribution is -2.44. The fourth-order valence-corrected chi connectivity index (χ4v) is 3.97. The van der Waals surface area contributed by atoms with Gasteiger partial charge in [0.05, 0.1) is 0 Å². The smallest absolute Gasteiger partial charge is 0.127 e. The summed E-state index contributed by atoms with van der Waals surface area (Å²) >= 11 is 0. The molecule has 1 aromatic rings. The third-order valence-electron chi connectivity index (χ3n) is 5.57. The van der Waals surface area contributed by atoms with Crippen molar-refractivity contribution in [3.63, 3.8) is 0 Å². The van der Waals surface area contributed by atoms with E-state index in [2.05, 4.69) is 36.4 Å². The molecule has 4 nitrogen and oxygen atoms in total. The molecule has 2 aliphatic rings. The van der Waals surface area contributed by atoms with Gasteiger partial charge in [-0.15, -0.1) is 6.58 Å². The van der Waals surface area contributed by atoms with Crippen LogP contribution in [-0.4, -0.2) is 53.2 Å². The van der Waals surface area contributed by atoms with Gasteiger partial charge in [0.15, 0.2) is 0 Å². The number of rotatable bonds is 3. The summed E-state index contributed by atoms with van der Waals surface area (Å²) < 4.78 is 0. The highest BCUT2D eigenvalue weighted by atomic mass is 16.3. The molecule has 150 valence electrons. The Morgan fingerprint density at radius 1 is 1.19 bits per heavy atom. The van der Waals surface area contributed by atoms with Crippen LogP contribution in [0.4, 0.5) is 0 Å². The van der Waals surface area contributed by atoms with Gasteiger partial charge in [0.25, 0.3) is 0 Å². The number of benzene rings is 1. The normalized spacial score (nSPS) is 21.2. The Morgan fingerprint density at radius 3 is 2.41 bits per heavy atom. The van der Waals surface area contributed by atoms with Crippen LogP contribution in [-0.2, 0) is 6.54 Å². The van der Waals surface area contributed by atoms with Gasteiger partial charge in [-0.1, -0.05) is 17.7 Å². The molecule has 0 spiro atoms. The molecule has 1 heterocycles. The highest BCUT2D eigenvalue weighted by Gasteiger charge is 2.25. The lowest BCUT2D eigenvalue weighted by Gasteiger charge is -2.33. The van der Waals surface area contributed by atoms with Crippen LogP contribution in [0.3, 0.4) is 0 Å². The number of allylic oxidation sites excluding steroid dienone is 3. The van der Waals surface area contributed by atoms with E-state index in [1.54, 1.807) is 6.08 Å². The maximum atomic E-state index is 10.9. The second-order valence-electron chi connectivity index (χ2n) is 7.95. The summed E-state index contributed by atoms with van der Waals surface area (Å²) in [6.45, 7) is 14.3. The van der Waals surface area contributed by atoms with Gasteiger partial charge in [-0.2, -0.15) is 0 Å². The molecular weight excluding hydrogens is 336 g/mol. The lowest BCUT2D eigenvalue weighted by molar-refractivity contribution is 0.147. The molecule has 0 saturated carbocycles. The van der Waals surface area contributed by atoms with Gasteiger partial charge in [0.1, 0.15) is 11.5 Å². The molecule has 0 radical (unpaired) electrons. The van der Waals surface area contributed by atoms with Gasteiger partial charge in [-0.25, -0.2) is 0 Å². The Bertz CT molecular complexity index is 673. The fourth-order valence-electron chi connectivity index (χ4n) is 3.97. The molecule has 4 heteroatoms. The predicted molar refractivity (Wildman–Crippen MR) is 114 cm³/mol. The number of aromatic hydroxyl groups is 2. The quantitative estimate of drug-likeness (QED) is 0.764. The third kappa shape index (κ3) is 5.60. The van der Waals surface area contributed by atoms with E-state index in [1.165, 1.54) is 5.57 Å². The van der Waals surface area contributed by atoms with Crippen molar-refractivity contribution in [2.45, 2.75) is 52.5 Å². The van der Waals surface area contributed by atoms with E-state index in [-0.39, 0.29) is 11.7 Å². The van der Waals surface area contributed by atoms with Crippen molar-refractivity contribution in [1.29, 1.82) is 0 Å². The molecule has 1 aliphatic carbocycles. The van der Waals surface area contributed by atoms with Crippen molar-refractivity contribution in [2.75, 3.05) is 33.2 Å². The molecule has 1 fully saturated rings. The first-order valence-corrected chi connectivity index (χ1v) is 10.1. The largest absolute Gasteiger partial charge is 0.507 e. The van der Waals surface area contributed by atoms with E-state index in [4.69, 9.17) is 0 Å². The van der Waals surface area contributed by atoms with Crippen LogP contribution in [0.25, 0.3) is 0 Å². The van der Waals surface area contributed by atoms with Gasteiger partial charge in [0, 0.05) is 49.8 Å².